The molecule has 150 valence electrons. The van der Waals surface area contributed by atoms with Crippen LogP contribution < -0.4 is 4.74 Å². The molecule has 3 aromatic heterocycles. The molecular formula is C18H10F6N4O. The third kappa shape index (κ3) is 3.22. The highest BCUT2D eigenvalue weighted by Crippen LogP contribution is 2.39. The molecule has 0 amide bonds. The van der Waals surface area contributed by atoms with E-state index in [1.165, 1.54) is 31.4 Å². The fraction of sp³-hybridized carbons (Fsp3) is 0.167. The molecule has 0 aliphatic carbocycles. The van der Waals surface area contributed by atoms with Crippen molar-refractivity contribution in [2.75, 3.05) is 7.11 Å². The van der Waals surface area contributed by atoms with E-state index < -0.39 is 40.3 Å². The second-order valence-electron chi connectivity index (χ2n) is 6.04. The molecule has 0 bridgehead atoms. The minimum absolute atomic E-state index is 0.0931. The van der Waals surface area contributed by atoms with Crippen LogP contribution >= 0.6 is 0 Å². The summed E-state index contributed by atoms with van der Waals surface area (Å²) in [5, 5.41) is 3.08. The molecule has 0 N–H and O–H groups in total. The fourth-order valence-electron chi connectivity index (χ4n) is 2.96. The second kappa shape index (κ2) is 6.33. The van der Waals surface area contributed by atoms with Gasteiger partial charge in [0.1, 0.15) is 11.4 Å². The minimum atomic E-state index is -4.86. The normalized spacial score (nSPS) is 12.7. The molecule has 3 heterocycles. The van der Waals surface area contributed by atoms with Crippen LogP contribution in [0.2, 0.25) is 0 Å². The van der Waals surface area contributed by atoms with E-state index in [1.54, 1.807) is 0 Å². The summed E-state index contributed by atoms with van der Waals surface area (Å²) in [6.07, 6.45) is -8.90. The van der Waals surface area contributed by atoms with Crippen molar-refractivity contribution < 1.29 is 31.1 Å². The van der Waals surface area contributed by atoms with Crippen LogP contribution in [0.25, 0.3) is 27.9 Å². The van der Waals surface area contributed by atoms with Crippen molar-refractivity contribution in [1.82, 2.24) is 19.6 Å². The molecule has 0 saturated heterocycles. The highest BCUT2D eigenvalue weighted by molar-refractivity contribution is 5.94. The molecule has 0 unspecified atom stereocenters. The number of fused-ring (bicyclic) bond motifs is 3. The van der Waals surface area contributed by atoms with E-state index in [0.29, 0.717) is 21.9 Å². The van der Waals surface area contributed by atoms with Crippen LogP contribution in [0, 0.1) is 0 Å². The number of alkyl halides is 6. The monoisotopic (exact) mass is 412 g/mol. The number of pyridine rings is 1. The van der Waals surface area contributed by atoms with E-state index in [0.717, 1.165) is 12.3 Å². The minimum Gasteiger partial charge on any atom is -0.497 e. The fourth-order valence-corrected chi connectivity index (χ4v) is 2.96. The molecule has 0 atom stereocenters. The SMILES string of the molecule is COc1ccc(-c2cc(C(F)(F)F)c3c(n2)nn2c(C(F)(F)F)ccnc32)cc1. The van der Waals surface area contributed by atoms with Crippen LogP contribution in [0.5, 0.6) is 5.75 Å². The highest BCUT2D eigenvalue weighted by atomic mass is 19.4. The van der Waals surface area contributed by atoms with Gasteiger partial charge < -0.3 is 4.74 Å². The predicted octanol–water partition coefficient (Wildman–Crippen LogP) is 4.99. The standard InChI is InChI=1S/C18H10F6N4O/c1-29-10-4-2-9(3-5-10)12-8-11(17(19,20)21)14-15(26-12)27-28-13(18(22,23)24)6-7-25-16(14)28/h2-8H,1H3. The first-order valence-corrected chi connectivity index (χ1v) is 8.07. The number of aromatic nitrogens is 4. The summed E-state index contributed by atoms with van der Waals surface area (Å²) in [6.45, 7) is 0. The van der Waals surface area contributed by atoms with Gasteiger partial charge in [0, 0.05) is 11.8 Å². The maximum Gasteiger partial charge on any atom is 0.433 e. The van der Waals surface area contributed by atoms with Crippen LogP contribution in [-0.4, -0.2) is 26.7 Å². The van der Waals surface area contributed by atoms with Gasteiger partial charge in [-0.15, -0.1) is 5.10 Å². The highest BCUT2D eigenvalue weighted by Gasteiger charge is 2.38. The summed E-state index contributed by atoms with van der Waals surface area (Å²) in [6, 6.07) is 7.44. The largest absolute Gasteiger partial charge is 0.497 e. The molecule has 4 rings (SSSR count). The summed E-state index contributed by atoms with van der Waals surface area (Å²) in [7, 11) is 1.43. The number of rotatable bonds is 2. The molecule has 1 aromatic carbocycles. The van der Waals surface area contributed by atoms with Gasteiger partial charge in [0.25, 0.3) is 0 Å². The van der Waals surface area contributed by atoms with Crippen molar-refractivity contribution in [3.8, 4) is 17.0 Å². The molecule has 0 aliphatic heterocycles. The molecule has 29 heavy (non-hydrogen) atoms. The Kier molecular flexibility index (Phi) is 4.14. The molecule has 11 heteroatoms. The smallest absolute Gasteiger partial charge is 0.433 e. The second-order valence-corrected chi connectivity index (χ2v) is 6.04. The Labute approximate surface area is 158 Å². The van der Waals surface area contributed by atoms with Crippen LogP contribution in [0.4, 0.5) is 26.3 Å². The summed E-state index contributed by atoms with van der Waals surface area (Å²) in [5.41, 5.74) is -3.26. The molecule has 0 fully saturated rings. The van der Waals surface area contributed by atoms with E-state index in [2.05, 4.69) is 15.1 Å². The van der Waals surface area contributed by atoms with Crippen LogP contribution in [0.3, 0.4) is 0 Å². The van der Waals surface area contributed by atoms with E-state index in [-0.39, 0.29) is 5.69 Å². The lowest BCUT2D eigenvalue weighted by atomic mass is 10.1. The average Bonchev–Trinajstić information content (AvgIpc) is 3.04. The van der Waals surface area contributed by atoms with Crippen LogP contribution in [-0.2, 0) is 12.4 Å². The molecule has 0 spiro atoms. The number of hydrogen-bond acceptors (Lipinski definition) is 4. The van der Waals surface area contributed by atoms with Gasteiger partial charge in [0.2, 0.25) is 0 Å². The third-order valence-corrected chi connectivity index (χ3v) is 4.26. The van der Waals surface area contributed by atoms with E-state index in [9.17, 15) is 26.3 Å². The Morgan fingerprint density at radius 1 is 0.931 bits per heavy atom. The van der Waals surface area contributed by atoms with Gasteiger partial charge in [-0.2, -0.15) is 26.3 Å². The van der Waals surface area contributed by atoms with Crippen LogP contribution in [0.1, 0.15) is 11.3 Å². The molecule has 0 aliphatic rings. The van der Waals surface area contributed by atoms with E-state index in [1.807, 2.05) is 0 Å². The first kappa shape index (κ1) is 19.0. The van der Waals surface area contributed by atoms with E-state index >= 15 is 0 Å². The summed E-state index contributed by atoms with van der Waals surface area (Å²) in [4.78, 5) is 7.74. The number of nitrogens with zero attached hydrogens (tertiary/aromatic N) is 4. The van der Waals surface area contributed by atoms with Crippen molar-refractivity contribution in [2.24, 2.45) is 0 Å². The molecule has 5 nitrogen and oxygen atoms in total. The lowest BCUT2D eigenvalue weighted by Crippen LogP contribution is -2.12. The number of halogens is 6. The Bertz CT molecular complexity index is 1210. The zero-order valence-corrected chi connectivity index (χ0v) is 14.5. The molecular weight excluding hydrogens is 402 g/mol. The number of ether oxygens (including phenoxy) is 1. The van der Waals surface area contributed by atoms with E-state index in [4.69, 9.17) is 4.74 Å². The van der Waals surface area contributed by atoms with Gasteiger partial charge in [-0.3, -0.25) is 0 Å². The van der Waals surface area contributed by atoms with Gasteiger partial charge >= 0.3 is 12.4 Å². The molecule has 4 aromatic rings. The zero-order valence-electron chi connectivity index (χ0n) is 14.5. The van der Waals surface area contributed by atoms with Gasteiger partial charge in [-0.1, -0.05) is 0 Å². The van der Waals surface area contributed by atoms with Crippen molar-refractivity contribution in [3.05, 3.63) is 53.9 Å². The Morgan fingerprint density at radius 2 is 1.62 bits per heavy atom. The van der Waals surface area contributed by atoms with Crippen molar-refractivity contribution in [1.29, 1.82) is 0 Å². The average molecular weight is 412 g/mol. The molecule has 0 saturated carbocycles. The quantitative estimate of drug-likeness (QED) is 0.436. The first-order chi connectivity index (χ1) is 13.6. The lowest BCUT2D eigenvalue weighted by molar-refractivity contribution is -0.142. The Balaban J connectivity index is 2.06. The summed E-state index contributed by atoms with van der Waals surface area (Å²) in [5.74, 6) is 0.484. The van der Waals surface area contributed by atoms with Gasteiger partial charge in [0.15, 0.2) is 11.3 Å². The van der Waals surface area contributed by atoms with Gasteiger partial charge in [-0.05, 0) is 36.4 Å². The summed E-state index contributed by atoms with van der Waals surface area (Å²) >= 11 is 0. The Hall–Kier alpha value is -3.37. The zero-order chi connectivity index (χ0) is 21.0. The maximum atomic E-state index is 13.7. The van der Waals surface area contributed by atoms with Crippen molar-refractivity contribution in [2.45, 2.75) is 12.4 Å². The van der Waals surface area contributed by atoms with Crippen molar-refractivity contribution in [3.63, 3.8) is 0 Å². The summed E-state index contributed by atoms with van der Waals surface area (Å²) < 4.78 is 86.3. The van der Waals surface area contributed by atoms with Crippen molar-refractivity contribution >= 4 is 16.7 Å². The molecule has 0 radical (unpaired) electrons. The number of benzene rings is 1. The third-order valence-electron chi connectivity index (χ3n) is 4.26. The number of hydrogen-bond donors (Lipinski definition) is 0. The van der Waals surface area contributed by atoms with Gasteiger partial charge in [-0.25, -0.2) is 14.5 Å². The first-order valence-electron chi connectivity index (χ1n) is 8.07. The predicted molar refractivity (Wildman–Crippen MR) is 90.3 cm³/mol. The Morgan fingerprint density at radius 3 is 2.21 bits per heavy atom. The maximum absolute atomic E-state index is 13.7. The van der Waals surface area contributed by atoms with Crippen LogP contribution in [0.15, 0.2) is 42.6 Å². The number of methoxy groups -OCH3 is 1. The lowest BCUT2D eigenvalue weighted by Gasteiger charge is -2.10. The topological polar surface area (TPSA) is 52.3 Å². The van der Waals surface area contributed by atoms with Gasteiger partial charge in [0.05, 0.1) is 23.8 Å².